The van der Waals surface area contributed by atoms with Gasteiger partial charge in [0.25, 0.3) is 0 Å². The van der Waals surface area contributed by atoms with Crippen LogP contribution in [0.3, 0.4) is 0 Å². The first-order chi connectivity index (χ1) is 7.97. The fourth-order valence-corrected chi connectivity index (χ4v) is 1.71. The van der Waals surface area contributed by atoms with Crippen LogP contribution < -0.4 is 5.32 Å². The van der Waals surface area contributed by atoms with Gasteiger partial charge in [-0.3, -0.25) is 14.9 Å². The molecule has 92 valence electrons. The van der Waals surface area contributed by atoms with Crippen LogP contribution in [-0.4, -0.2) is 17.9 Å². The summed E-state index contributed by atoms with van der Waals surface area (Å²) in [5.41, 5.74) is 0.502. The Kier molecular flexibility index (Phi) is 4.47. The number of carbonyl (C=O) groups is 1. The molecule has 0 atom stereocenters. The van der Waals surface area contributed by atoms with Crippen LogP contribution >= 0.6 is 12.6 Å². The molecule has 1 aromatic carbocycles. The van der Waals surface area contributed by atoms with Gasteiger partial charge in [-0.05, 0) is 11.6 Å². The summed E-state index contributed by atoms with van der Waals surface area (Å²) < 4.78 is 4.91. The van der Waals surface area contributed by atoms with Gasteiger partial charge >= 0.3 is 5.69 Å². The number of benzene rings is 1. The average molecular weight is 256 g/mol. The number of nitro benzene ring substituents is 1. The van der Waals surface area contributed by atoms with Crippen molar-refractivity contribution >= 4 is 29.9 Å². The van der Waals surface area contributed by atoms with Gasteiger partial charge in [-0.15, -0.1) is 12.6 Å². The lowest BCUT2D eigenvalue weighted by atomic mass is 10.1. The standard InChI is InChI=1S/C10H12N2O4S/c1-6(13)11-8-4-3-7(5-16-2)10(17)9(8)12(14)15/h3-4,17H,5H2,1-2H3,(H,11,13). The Hall–Kier alpha value is -1.60. The fraction of sp³-hybridized carbons (Fsp3) is 0.300. The molecular weight excluding hydrogens is 244 g/mol. The van der Waals surface area contributed by atoms with E-state index >= 15 is 0 Å². The number of hydrogen-bond acceptors (Lipinski definition) is 5. The van der Waals surface area contributed by atoms with Gasteiger partial charge in [-0.25, -0.2) is 0 Å². The molecule has 0 heterocycles. The highest BCUT2D eigenvalue weighted by Gasteiger charge is 2.21. The SMILES string of the molecule is COCc1ccc(NC(C)=O)c([N+](=O)[O-])c1S. The van der Waals surface area contributed by atoms with Crippen molar-refractivity contribution in [3.8, 4) is 0 Å². The van der Waals surface area contributed by atoms with Gasteiger partial charge in [0.15, 0.2) is 0 Å². The van der Waals surface area contributed by atoms with Crippen molar-refractivity contribution in [1.82, 2.24) is 0 Å². The van der Waals surface area contributed by atoms with E-state index in [2.05, 4.69) is 17.9 Å². The third-order valence-corrected chi connectivity index (χ3v) is 2.53. The molecule has 0 aliphatic rings. The molecule has 0 saturated heterocycles. The number of thiol groups is 1. The molecule has 0 aliphatic heterocycles. The zero-order valence-electron chi connectivity index (χ0n) is 9.39. The third kappa shape index (κ3) is 3.18. The van der Waals surface area contributed by atoms with E-state index in [4.69, 9.17) is 4.74 Å². The maximum atomic E-state index is 10.9. The minimum atomic E-state index is -0.577. The van der Waals surface area contributed by atoms with Crippen LogP contribution in [-0.2, 0) is 16.1 Å². The number of hydrogen-bond donors (Lipinski definition) is 2. The molecule has 0 saturated carbocycles. The lowest BCUT2D eigenvalue weighted by Gasteiger charge is -2.09. The zero-order chi connectivity index (χ0) is 13.0. The number of amides is 1. The maximum absolute atomic E-state index is 10.9. The lowest BCUT2D eigenvalue weighted by molar-refractivity contribution is -0.386. The average Bonchev–Trinajstić information content (AvgIpc) is 2.21. The summed E-state index contributed by atoms with van der Waals surface area (Å²) in [6, 6.07) is 3.09. The van der Waals surface area contributed by atoms with Crippen molar-refractivity contribution in [1.29, 1.82) is 0 Å². The van der Waals surface area contributed by atoms with Crippen molar-refractivity contribution in [3.63, 3.8) is 0 Å². The molecule has 0 radical (unpaired) electrons. The number of nitrogens with one attached hydrogen (secondary N) is 1. The van der Waals surface area contributed by atoms with Crippen LogP contribution in [0.4, 0.5) is 11.4 Å². The Balaban J connectivity index is 3.28. The van der Waals surface area contributed by atoms with E-state index in [9.17, 15) is 14.9 Å². The molecule has 6 nitrogen and oxygen atoms in total. The molecule has 1 rings (SSSR count). The predicted octanol–water partition coefficient (Wildman–Crippen LogP) is 1.99. The highest BCUT2D eigenvalue weighted by molar-refractivity contribution is 7.80. The summed E-state index contributed by atoms with van der Waals surface area (Å²) in [5.74, 6) is -0.375. The normalized spacial score (nSPS) is 10.1. The summed E-state index contributed by atoms with van der Waals surface area (Å²) in [5, 5.41) is 13.3. The summed E-state index contributed by atoms with van der Waals surface area (Å²) in [6.45, 7) is 1.50. The molecule has 0 bridgehead atoms. The molecule has 7 heteroatoms. The largest absolute Gasteiger partial charge is 0.380 e. The van der Waals surface area contributed by atoms with E-state index in [0.29, 0.717) is 5.56 Å². The van der Waals surface area contributed by atoms with Crippen LogP contribution in [0.25, 0.3) is 0 Å². The Labute approximate surface area is 104 Å². The summed E-state index contributed by atoms with van der Waals surface area (Å²) in [4.78, 5) is 21.5. The van der Waals surface area contributed by atoms with Crippen LogP contribution in [0.15, 0.2) is 17.0 Å². The van der Waals surface area contributed by atoms with Crippen LogP contribution in [0, 0.1) is 10.1 Å². The first-order valence-corrected chi connectivity index (χ1v) is 5.17. The number of ether oxygens (including phenoxy) is 1. The van der Waals surface area contributed by atoms with Crippen LogP contribution in [0.5, 0.6) is 0 Å². The third-order valence-electron chi connectivity index (χ3n) is 2.03. The van der Waals surface area contributed by atoms with E-state index in [1.54, 1.807) is 6.07 Å². The highest BCUT2D eigenvalue weighted by atomic mass is 32.1. The minimum Gasteiger partial charge on any atom is -0.380 e. The summed E-state index contributed by atoms with van der Waals surface area (Å²) in [7, 11) is 1.49. The van der Waals surface area contributed by atoms with Crippen LogP contribution in [0.2, 0.25) is 0 Å². The van der Waals surface area contributed by atoms with Crippen molar-refractivity contribution < 1.29 is 14.5 Å². The van der Waals surface area contributed by atoms with Gasteiger partial charge in [0.1, 0.15) is 5.69 Å². The van der Waals surface area contributed by atoms with Gasteiger partial charge in [0, 0.05) is 14.0 Å². The predicted molar refractivity (Wildman–Crippen MR) is 65.4 cm³/mol. The van der Waals surface area contributed by atoms with E-state index < -0.39 is 4.92 Å². The van der Waals surface area contributed by atoms with Gasteiger partial charge in [-0.2, -0.15) is 0 Å². The van der Waals surface area contributed by atoms with Crippen molar-refractivity contribution in [2.24, 2.45) is 0 Å². The Morgan fingerprint density at radius 2 is 2.24 bits per heavy atom. The topological polar surface area (TPSA) is 81.5 Å². The Bertz CT molecular complexity index is 462. The Morgan fingerprint density at radius 1 is 1.59 bits per heavy atom. The fourth-order valence-electron chi connectivity index (χ4n) is 1.37. The number of nitrogens with zero attached hydrogens (tertiary/aromatic N) is 1. The first kappa shape index (κ1) is 13.5. The maximum Gasteiger partial charge on any atom is 0.306 e. The number of methoxy groups -OCH3 is 1. The van der Waals surface area contributed by atoms with Crippen LogP contribution in [0.1, 0.15) is 12.5 Å². The van der Waals surface area contributed by atoms with Crippen molar-refractivity contribution in [3.05, 3.63) is 27.8 Å². The molecule has 0 unspecified atom stereocenters. The van der Waals surface area contributed by atoms with E-state index in [0.717, 1.165) is 0 Å². The minimum absolute atomic E-state index is 0.132. The lowest BCUT2D eigenvalue weighted by Crippen LogP contribution is -2.09. The molecule has 1 amide bonds. The van der Waals surface area contributed by atoms with Gasteiger partial charge in [0.2, 0.25) is 5.91 Å². The van der Waals surface area contributed by atoms with E-state index in [-0.39, 0.29) is 28.8 Å². The summed E-state index contributed by atoms with van der Waals surface area (Å²) >= 11 is 4.10. The first-order valence-electron chi connectivity index (χ1n) is 4.73. The van der Waals surface area contributed by atoms with Gasteiger partial charge in [0.05, 0.1) is 16.4 Å². The van der Waals surface area contributed by atoms with Gasteiger partial charge < -0.3 is 10.1 Å². The van der Waals surface area contributed by atoms with E-state index in [1.165, 1.54) is 20.1 Å². The molecule has 0 aliphatic carbocycles. The second-order valence-corrected chi connectivity index (χ2v) is 3.79. The zero-order valence-corrected chi connectivity index (χ0v) is 10.3. The molecular formula is C10H12N2O4S. The second kappa shape index (κ2) is 5.65. The van der Waals surface area contributed by atoms with Gasteiger partial charge in [-0.1, -0.05) is 6.07 Å². The smallest absolute Gasteiger partial charge is 0.306 e. The van der Waals surface area contributed by atoms with Crippen molar-refractivity contribution in [2.45, 2.75) is 18.4 Å². The summed E-state index contributed by atoms with van der Waals surface area (Å²) in [6.07, 6.45) is 0. The molecule has 0 fully saturated rings. The van der Waals surface area contributed by atoms with Crippen molar-refractivity contribution in [2.75, 3.05) is 12.4 Å². The Morgan fingerprint density at radius 3 is 2.71 bits per heavy atom. The quantitative estimate of drug-likeness (QED) is 0.490. The highest BCUT2D eigenvalue weighted by Crippen LogP contribution is 2.34. The molecule has 1 aromatic rings. The molecule has 0 aromatic heterocycles. The molecule has 17 heavy (non-hydrogen) atoms. The van der Waals surface area contributed by atoms with E-state index in [1.807, 2.05) is 0 Å². The monoisotopic (exact) mass is 256 g/mol. The number of rotatable bonds is 4. The second-order valence-electron chi connectivity index (χ2n) is 3.34. The molecule has 1 N–H and O–H groups in total. The number of carbonyl (C=O) groups excluding carboxylic acids is 1. The number of nitro groups is 1. The molecule has 0 spiro atoms. The number of anilines is 1.